The summed E-state index contributed by atoms with van der Waals surface area (Å²) in [4.78, 5) is 8.95. The van der Waals surface area contributed by atoms with Crippen molar-refractivity contribution < 1.29 is 14.6 Å². The van der Waals surface area contributed by atoms with E-state index in [0.717, 1.165) is 28.9 Å². The third-order valence-electron chi connectivity index (χ3n) is 6.20. The van der Waals surface area contributed by atoms with Gasteiger partial charge in [-0.15, -0.1) is 0 Å². The Morgan fingerprint density at radius 1 is 1.25 bits per heavy atom. The zero-order valence-electron chi connectivity index (χ0n) is 15.6. The van der Waals surface area contributed by atoms with E-state index in [4.69, 9.17) is 31.8 Å². The third kappa shape index (κ3) is 2.74. The average molecular weight is 400 g/mol. The fourth-order valence-electron chi connectivity index (χ4n) is 4.84. The van der Waals surface area contributed by atoms with Crippen molar-refractivity contribution in [3.63, 3.8) is 0 Å². The van der Waals surface area contributed by atoms with Crippen LogP contribution in [0.3, 0.4) is 0 Å². The summed E-state index contributed by atoms with van der Waals surface area (Å²) in [6, 6.07) is 8.10. The third-order valence-corrected chi connectivity index (χ3v) is 6.41. The second-order valence-electron chi connectivity index (χ2n) is 8.27. The number of aliphatic imine (C=N–C) groups is 1. The molecule has 3 N–H and O–H groups in total. The van der Waals surface area contributed by atoms with Crippen LogP contribution < -0.4 is 10.5 Å². The maximum Gasteiger partial charge on any atom is 0.283 e. The summed E-state index contributed by atoms with van der Waals surface area (Å²) in [5.74, 6) is 0.779. The lowest BCUT2D eigenvalue weighted by molar-refractivity contribution is -0.0805. The minimum atomic E-state index is -0.754. The predicted molar refractivity (Wildman–Crippen MR) is 106 cm³/mol. The summed E-state index contributed by atoms with van der Waals surface area (Å²) in [6.07, 6.45) is 5.42. The van der Waals surface area contributed by atoms with Gasteiger partial charge in [-0.1, -0.05) is 17.7 Å². The molecule has 3 aliphatic rings. The van der Waals surface area contributed by atoms with Crippen LogP contribution in [0.25, 0.3) is 11.1 Å². The highest BCUT2D eigenvalue weighted by atomic mass is 35.5. The first-order valence-corrected chi connectivity index (χ1v) is 9.87. The molecule has 146 valence electrons. The lowest BCUT2D eigenvalue weighted by Gasteiger charge is -2.49. The van der Waals surface area contributed by atoms with E-state index in [0.29, 0.717) is 24.5 Å². The van der Waals surface area contributed by atoms with E-state index in [1.165, 1.54) is 0 Å². The first-order valence-electron chi connectivity index (χ1n) is 9.49. The van der Waals surface area contributed by atoms with Crippen LogP contribution in [0.5, 0.6) is 5.75 Å². The zero-order chi connectivity index (χ0) is 19.5. The van der Waals surface area contributed by atoms with Gasteiger partial charge in [0.1, 0.15) is 24.0 Å². The molecule has 28 heavy (non-hydrogen) atoms. The van der Waals surface area contributed by atoms with Gasteiger partial charge in [-0.3, -0.25) is 4.98 Å². The van der Waals surface area contributed by atoms with Gasteiger partial charge in [0.15, 0.2) is 0 Å². The van der Waals surface area contributed by atoms with Crippen LogP contribution in [0, 0.1) is 5.92 Å². The zero-order valence-corrected chi connectivity index (χ0v) is 16.3. The van der Waals surface area contributed by atoms with Crippen molar-refractivity contribution in [2.45, 2.75) is 43.4 Å². The van der Waals surface area contributed by atoms with Gasteiger partial charge in [0.2, 0.25) is 0 Å². The Hall–Kier alpha value is -2.31. The van der Waals surface area contributed by atoms with Crippen molar-refractivity contribution in [2.24, 2.45) is 16.6 Å². The number of hydrogen-bond acceptors (Lipinski definition) is 6. The van der Waals surface area contributed by atoms with Crippen LogP contribution >= 0.6 is 11.6 Å². The van der Waals surface area contributed by atoms with Crippen molar-refractivity contribution in [3.8, 4) is 16.9 Å². The molecule has 1 aromatic carbocycles. The predicted octanol–water partition coefficient (Wildman–Crippen LogP) is 3.25. The van der Waals surface area contributed by atoms with Crippen LogP contribution in [-0.2, 0) is 10.3 Å². The van der Waals surface area contributed by atoms with Gasteiger partial charge in [-0.25, -0.2) is 4.99 Å². The second-order valence-corrected chi connectivity index (χ2v) is 8.70. The van der Waals surface area contributed by atoms with Crippen LogP contribution in [-0.4, -0.2) is 34.4 Å². The number of nitrogens with zero attached hydrogens (tertiary/aromatic N) is 2. The largest absolute Gasteiger partial charge is 0.490 e. The first-order chi connectivity index (χ1) is 13.4. The van der Waals surface area contributed by atoms with E-state index < -0.39 is 11.1 Å². The molecule has 2 aromatic rings. The van der Waals surface area contributed by atoms with Crippen LogP contribution in [0.15, 0.2) is 41.7 Å². The Balaban J connectivity index is 1.66. The quantitative estimate of drug-likeness (QED) is 0.768. The molecule has 7 heteroatoms. The summed E-state index contributed by atoms with van der Waals surface area (Å²) in [7, 11) is 0. The molecule has 2 aliphatic heterocycles. The Labute approximate surface area is 168 Å². The Morgan fingerprint density at radius 2 is 2.11 bits per heavy atom. The maximum absolute atomic E-state index is 10.7. The summed E-state index contributed by atoms with van der Waals surface area (Å²) < 4.78 is 12.0. The monoisotopic (exact) mass is 399 g/mol. The molecule has 0 radical (unpaired) electrons. The Kier molecular flexibility index (Phi) is 3.87. The summed E-state index contributed by atoms with van der Waals surface area (Å²) in [6.45, 7) is 2.23. The number of amidine groups is 1. The number of aliphatic hydroxyl groups is 1. The molecule has 6 nitrogen and oxygen atoms in total. The van der Waals surface area contributed by atoms with E-state index in [9.17, 15) is 5.11 Å². The molecule has 0 bridgehead atoms. The number of benzene rings is 1. The molecule has 0 amide bonds. The SMILES string of the molecule is CC1(O)CC[C@@H]2Oc3ccc(-c4cncc(Cl)c4)cc3[C@]3(COC(N)=N3)[C@H]2C1. The van der Waals surface area contributed by atoms with Gasteiger partial charge in [0, 0.05) is 29.4 Å². The molecule has 4 atom stereocenters. The standard InChI is InChI=1S/C21H22ClN3O3/c1-20(26)5-4-18-16(8-20)21(11-27-19(23)25-21)15-7-12(2-3-17(15)28-18)13-6-14(22)10-24-9-13/h2-3,6-7,9-10,16,18,26H,4-5,8,11H2,1H3,(H2,23,25)/t16-,18-,20?,21+/m0/s1. The van der Waals surface area contributed by atoms with Crippen LogP contribution in [0.2, 0.25) is 5.02 Å². The van der Waals surface area contributed by atoms with Gasteiger partial charge in [0.05, 0.1) is 10.6 Å². The molecule has 3 heterocycles. The molecular formula is C21H22ClN3O3. The topological polar surface area (TPSA) is 90.0 Å². The number of ether oxygens (including phenoxy) is 2. The van der Waals surface area contributed by atoms with E-state index in [-0.39, 0.29) is 18.0 Å². The van der Waals surface area contributed by atoms with Gasteiger partial charge in [0.25, 0.3) is 6.02 Å². The van der Waals surface area contributed by atoms with Gasteiger partial charge in [-0.05, 0) is 49.9 Å². The number of hydrogen-bond donors (Lipinski definition) is 2. The highest BCUT2D eigenvalue weighted by Gasteiger charge is 2.57. The van der Waals surface area contributed by atoms with Crippen molar-refractivity contribution in [1.82, 2.24) is 4.98 Å². The Bertz CT molecular complexity index is 977. The number of halogens is 1. The number of aromatic nitrogens is 1. The summed E-state index contributed by atoms with van der Waals surface area (Å²) >= 11 is 6.13. The molecule has 1 aliphatic carbocycles. The second kappa shape index (κ2) is 6.09. The number of rotatable bonds is 1. The molecular weight excluding hydrogens is 378 g/mol. The van der Waals surface area contributed by atoms with Crippen molar-refractivity contribution in [1.29, 1.82) is 0 Å². The van der Waals surface area contributed by atoms with E-state index in [1.54, 1.807) is 12.4 Å². The smallest absolute Gasteiger partial charge is 0.283 e. The fraction of sp³-hybridized carbons (Fsp3) is 0.429. The van der Waals surface area contributed by atoms with E-state index >= 15 is 0 Å². The minimum absolute atomic E-state index is 0.0162. The number of fused-ring (bicyclic) bond motifs is 4. The number of nitrogens with two attached hydrogens (primary N) is 1. The van der Waals surface area contributed by atoms with E-state index in [1.807, 2.05) is 25.1 Å². The van der Waals surface area contributed by atoms with Crippen LogP contribution in [0.1, 0.15) is 31.7 Å². The highest BCUT2D eigenvalue weighted by molar-refractivity contribution is 6.30. The molecule has 5 rings (SSSR count). The summed E-state index contributed by atoms with van der Waals surface area (Å²) in [5, 5.41) is 11.3. The van der Waals surface area contributed by atoms with Crippen molar-refractivity contribution >= 4 is 17.6 Å². The summed E-state index contributed by atoms with van der Waals surface area (Å²) in [5.41, 5.74) is 7.36. The first kappa shape index (κ1) is 17.8. The normalized spacial score (nSPS) is 33.5. The van der Waals surface area contributed by atoms with Gasteiger partial charge < -0.3 is 20.3 Å². The highest BCUT2D eigenvalue weighted by Crippen LogP contribution is 2.54. The molecule has 1 fully saturated rings. The molecule has 0 saturated heterocycles. The van der Waals surface area contributed by atoms with Crippen molar-refractivity contribution in [2.75, 3.05) is 6.61 Å². The molecule has 1 saturated carbocycles. The number of pyridine rings is 1. The van der Waals surface area contributed by atoms with E-state index in [2.05, 4.69) is 11.1 Å². The molecule has 1 spiro atoms. The lowest BCUT2D eigenvalue weighted by Crippen LogP contribution is -2.54. The average Bonchev–Trinajstić information content (AvgIpc) is 3.05. The van der Waals surface area contributed by atoms with Crippen LogP contribution in [0.4, 0.5) is 0 Å². The van der Waals surface area contributed by atoms with Gasteiger partial charge in [-0.2, -0.15) is 0 Å². The molecule has 1 unspecified atom stereocenters. The van der Waals surface area contributed by atoms with Gasteiger partial charge >= 0.3 is 0 Å². The maximum atomic E-state index is 10.7. The van der Waals surface area contributed by atoms with Crippen molar-refractivity contribution in [3.05, 3.63) is 47.2 Å². The Morgan fingerprint density at radius 3 is 2.86 bits per heavy atom. The minimum Gasteiger partial charge on any atom is -0.490 e. The lowest BCUT2D eigenvalue weighted by atomic mass is 9.64. The fourth-order valence-corrected chi connectivity index (χ4v) is 5.01. The molecule has 1 aromatic heterocycles.